The molecular weight excluding hydrogens is 188 g/mol. The van der Waals surface area contributed by atoms with Gasteiger partial charge in [0.05, 0.1) is 0 Å². The summed E-state index contributed by atoms with van der Waals surface area (Å²) in [7, 11) is 10.2. The van der Waals surface area contributed by atoms with Crippen molar-refractivity contribution >= 4 is 0 Å². The fourth-order valence-corrected chi connectivity index (χ4v) is 1.21. The highest BCUT2D eigenvalue weighted by Gasteiger charge is 1.96. The topological polar surface area (TPSA) is 44.5 Å². The van der Waals surface area contributed by atoms with Gasteiger partial charge in [0, 0.05) is 25.2 Å². The Morgan fingerprint density at radius 2 is 1.40 bits per heavy atom. The summed E-state index contributed by atoms with van der Waals surface area (Å²) in [4.78, 5) is 4.24. The molecule has 0 bridgehead atoms. The zero-order chi connectivity index (χ0) is 12.4. The zero-order valence-electron chi connectivity index (χ0n) is 11.5. The van der Waals surface area contributed by atoms with Gasteiger partial charge in [-0.05, 0) is 49.1 Å². The molecule has 0 aromatic carbocycles. The van der Waals surface area contributed by atoms with E-state index in [2.05, 4.69) is 36.1 Å². The van der Waals surface area contributed by atoms with Crippen LogP contribution in [0.3, 0.4) is 0 Å². The van der Waals surface area contributed by atoms with Crippen LogP contribution in [-0.2, 0) is 0 Å². The number of nitrogens with zero attached hydrogens (tertiary/aromatic N) is 2. The Morgan fingerprint density at radius 3 is 1.47 bits per heavy atom. The van der Waals surface area contributed by atoms with E-state index in [1.807, 2.05) is 28.1 Å². The van der Waals surface area contributed by atoms with Gasteiger partial charge in [0.2, 0.25) is 0 Å². The number of hydrogen-bond donors (Lipinski definition) is 2. The molecular formula is C11H30N4. The number of likely N-dealkylation sites (N-methyl/N-ethyl adjacent to an activating group) is 3. The minimum Gasteiger partial charge on any atom is -0.327 e. The van der Waals surface area contributed by atoms with E-state index in [1.54, 1.807) is 0 Å². The maximum absolute atomic E-state index is 5.45. The second-order valence-corrected chi connectivity index (χ2v) is 4.69. The fraction of sp³-hybridized carbons (Fsp3) is 1.00. The van der Waals surface area contributed by atoms with Crippen molar-refractivity contribution in [2.75, 3.05) is 48.3 Å². The maximum Gasteiger partial charge on any atom is 0.0163 e. The van der Waals surface area contributed by atoms with Crippen molar-refractivity contribution in [2.24, 2.45) is 5.73 Å². The third kappa shape index (κ3) is 20.0. The highest BCUT2D eigenvalue weighted by Crippen LogP contribution is 1.80. The summed E-state index contributed by atoms with van der Waals surface area (Å²) in [6, 6.07) is 0.903. The van der Waals surface area contributed by atoms with Crippen molar-refractivity contribution in [1.29, 1.82) is 0 Å². The minimum atomic E-state index is 0.301. The predicted octanol–water partition coefficient (Wildman–Crippen LogP) is 0.0511. The van der Waals surface area contributed by atoms with Crippen molar-refractivity contribution in [3.05, 3.63) is 0 Å². The first-order valence-electron chi connectivity index (χ1n) is 5.51. The molecule has 0 aliphatic heterocycles. The van der Waals surface area contributed by atoms with Crippen molar-refractivity contribution in [3.63, 3.8) is 0 Å². The van der Waals surface area contributed by atoms with Gasteiger partial charge in [0.1, 0.15) is 0 Å². The summed E-state index contributed by atoms with van der Waals surface area (Å²) in [5.74, 6) is 0. The van der Waals surface area contributed by atoms with Crippen LogP contribution >= 0.6 is 0 Å². The van der Waals surface area contributed by atoms with E-state index >= 15 is 0 Å². The van der Waals surface area contributed by atoms with E-state index in [0.717, 1.165) is 13.1 Å². The summed E-state index contributed by atoms with van der Waals surface area (Å²) in [5, 5.41) is 3.15. The van der Waals surface area contributed by atoms with Gasteiger partial charge in [-0.15, -0.1) is 0 Å². The number of nitrogens with one attached hydrogen (secondary N) is 1. The van der Waals surface area contributed by atoms with Gasteiger partial charge < -0.3 is 20.9 Å². The van der Waals surface area contributed by atoms with Crippen molar-refractivity contribution in [1.82, 2.24) is 15.1 Å². The van der Waals surface area contributed by atoms with Crippen LogP contribution in [0.4, 0.5) is 0 Å². The molecule has 3 N–H and O–H groups in total. The molecule has 2 atom stereocenters. The molecule has 0 rings (SSSR count). The van der Waals surface area contributed by atoms with E-state index in [0.29, 0.717) is 12.1 Å². The predicted molar refractivity (Wildman–Crippen MR) is 69.3 cm³/mol. The molecule has 0 aliphatic carbocycles. The molecule has 4 heteroatoms. The molecule has 0 saturated carbocycles. The molecule has 0 aromatic heterocycles. The molecule has 15 heavy (non-hydrogen) atoms. The lowest BCUT2D eigenvalue weighted by molar-refractivity contribution is 0.360. The standard InChI is InChI=1S/C6H16N2.C5H14N2/c1-6(7-2)5-8(3)4;1-5(6)4-7(2)3/h6-7H,5H2,1-4H3;5H,4,6H2,1-3H3. The van der Waals surface area contributed by atoms with E-state index in [9.17, 15) is 0 Å². The Labute approximate surface area is 95.8 Å². The van der Waals surface area contributed by atoms with Gasteiger partial charge >= 0.3 is 0 Å². The van der Waals surface area contributed by atoms with E-state index in [-0.39, 0.29) is 0 Å². The SMILES string of the molecule is CC(N)CN(C)C.CNC(C)CN(C)C. The summed E-state index contributed by atoms with van der Waals surface area (Å²) < 4.78 is 0. The molecule has 0 amide bonds. The zero-order valence-corrected chi connectivity index (χ0v) is 11.5. The summed E-state index contributed by atoms with van der Waals surface area (Å²) in [6.45, 7) is 6.25. The monoisotopic (exact) mass is 218 g/mol. The Bertz CT molecular complexity index is 118. The highest BCUT2D eigenvalue weighted by atomic mass is 15.1. The van der Waals surface area contributed by atoms with Crippen molar-refractivity contribution in [3.8, 4) is 0 Å². The molecule has 2 unspecified atom stereocenters. The molecule has 0 spiro atoms. The van der Waals surface area contributed by atoms with Gasteiger partial charge in [-0.3, -0.25) is 0 Å². The minimum absolute atomic E-state index is 0.301. The second kappa shape index (κ2) is 10.4. The number of rotatable bonds is 5. The fourth-order valence-electron chi connectivity index (χ4n) is 1.21. The van der Waals surface area contributed by atoms with Crippen molar-refractivity contribution < 1.29 is 0 Å². The first kappa shape index (κ1) is 17.2. The van der Waals surface area contributed by atoms with Crippen LogP contribution in [0.25, 0.3) is 0 Å². The Kier molecular flexibility index (Phi) is 11.9. The summed E-state index contributed by atoms with van der Waals surface area (Å²) in [5.41, 5.74) is 5.45. The largest absolute Gasteiger partial charge is 0.327 e. The van der Waals surface area contributed by atoms with Crippen LogP contribution in [0.1, 0.15) is 13.8 Å². The van der Waals surface area contributed by atoms with Crippen LogP contribution in [0.2, 0.25) is 0 Å². The summed E-state index contributed by atoms with van der Waals surface area (Å²) >= 11 is 0. The molecule has 0 saturated heterocycles. The first-order valence-corrected chi connectivity index (χ1v) is 5.51. The Hall–Kier alpha value is -0.160. The molecule has 0 fully saturated rings. The number of nitrogens with two attached hydrogens (primary N) is 1. The normalized spacial score (nSPS) is 14.8. The van der Waals surface area contributed by atoms with Crippen molar-refractivity contribution in [2.45, 2.75) is 25.9 Å². The van der Waals surface area contributed by atoms with Gasteiger partial charge in [0.25, 0.3) is 0 Å². The van der Waals surface area contributed by atoms with Crippen LogP contribution in [0, 0.1) is 0 Å². The lowest BCUT2D eigenvalue weighted by atomic mass is 10.3. The smallest absolute Gasteiger partial charge is 0.0163 e. The molecule has 0 aliphatic rings. The Morgan fingerprint density at radius 1 is 1.00 bits per heavy atom. The molecule has 0 heterocycles. The van der Waals surface area contributed by atoms with Crippen LogP contribution in [-0.4, -0.2) is 70.2 Å². The molecule has 0 aromatic rings. The lowest BCUT2D eigenvalue weighted by Gasteiger charge is -2.15. The average molecular weight is 218 g/mol. The van der Waals surface area contributed by atoms with E-state index in [1.165, 1.54) is 0 Å². The highest BCUT2D eigenvalue weighted by molar-refractivity contribution is 4.58. The third-order valence-electron chi connectivity index (χ3n) is 1.78. The maximum atomic E-state index is 5.45. The first-order chi connectivity index (χ1) is 6.79. The second-order valence-electron chi connectivity index (χ2n) is 4.69. The van der Waals surface area contributed by atoms with Crippen LogP contribution in [0.15, 0.2) is 0 Å². The molecule has 94 valence electrons. The van der Waals surface area contributed by atoms with E-state index in [4.69, 9.17) is 5.73 Å². The number of hydrogen-bond acceptors (Lipinski definition) is 4. The third-order valence-corrected chi connectivity index (χ3v) is 1.78. The molecule has 4 nitrogen and oxygen atoms in total. The average Bonchev–Trinajstić information content (AvgIpc) is 2.01. The van der Waals surface area contributed by atoms with Gasteiger partial charge in [-0.25, -0.2) is 0 Å². The Balaban J connectivity index is 0. The van der Waals surface area contributed by atoms with Crippen LogP contribution < -0.4 is 11.1 Å². The quantitative estimate of drug-likeness (QED) is 0.684. The molecule has 0 radical (unpaired) electrons. The van der Waals surface area contributed by atoms with Gasteiger partial charge in [-0.1, -0.05) is 0 Å². The summed E-state index contributed by atoms with van der Waals surface area (Å²) in [6.07, 6.45) is 0. The lowest BCUT2D eigenvalue weighted by Crippen LogP contribution is -2.33. The van der Waals surface area contributed by atoms with Gasteiger partial charge in [0.15, 0.2) is 0 Å². The van der Waals surface area contributed by atoms with E-state index < -0.39 is 0 Å². The van der Waals surface area contributed by atoms with Crippen LogP contribution in [0.5, 0.6) is 0 Å². The van der Waals surface area contributed by atoms with Gasteiger partial charge in [-0.2, -0.15) is 0 Å².